The third-order valence-electron chi connectivity index (χ3n) is 7.22. The van der Waals surface area contributed by atoms with Crippen LogP contribution in [-0.2, 0) is 12.0 Å². The molecule has 0 bridgehead atoms. The zero-order chi connectivity index (χ0) is 26.8. The molecule has 1 aliphatic carbocycles. The molecular weight excluding hydrogens is 506 g/mol. The van der Waals surface area contributed by atoms with Gasteiger partial charge < -0.3 is 5.11 Å². The fraction of sp³-hybridized carbons (Fsp3) is 0.294. The number of benzene rings is 3. The molecular formula is C34H34ClNOS. The van der Waals surface area contributed by atoms with Crippen LogP contribution in [0, 0.1) is 12.3 Å². The predicted molar refractivity (Wildman–Crippen MR) is 163 cm³/mol. The minimum Gasteiger partial charge on any atom is -0.386 e. The number of aromatic nitrogens is 1. The molecule has 1 heterocycles. The Balaban J connectivity index is 1.36. The second-order valence-electron chi connectivity index (χ2n) is 11.0. The van der Waals surface area contributed by atoms with E-state index in [1.54, 1.807) is 0 Å². The summed E-state index contributed by atoms with van der Waals surface area (Å²) in [4.78, 5) is 4.75. The number of aryl methyl sites for hydroxylation is 1. The van der Waals surface area contributed by atoms with Crippen LogP contribution in [0.2, 0.25) is 5.02 Å². The van der Waals surface area contributed by atoms with Crippen LogP contribution < -0.4 is 0 Å². The van der Waals surface area contributed by atoms with Crippen molar-refractivity contribution >= 4 is 46.4 Å². The van der Waals surface area contributed by atoms with Crippen LogP contribution in [0.25, 0.3) is 23.1 Å². The van der Waals surface area contributed by atoms with Crippen LogP contribution >= 0.6 is 23.4 Å². The molecule has 5 rings (SSSR count). The number of thioether (sulfide) groups is 1. The molecule has 4 heteroatoms. The second-order valence-corrected chi connectivity index (χ2v) is 12.6. The fourth-order valence-corrected chi connectivity index (χ4v) is 6.39. The van der Waals surface area contributed by atoms with Crippen LogP contribution in [0.15, 0.2) is 78.9 Å². The fourth-order valence-electron chi connectivity index (χ4n) is 4.78. The van der Waals surface area contributed by atoms with E-state index in [4.69, 9.17) is 23.5 Å². The van der Waals surface area contributed by atoms with E-state index >= 15 is 0 Å². The third kappa shape index (κ3) is 6.88. The Morgan fingerprint density at radius 1 is 1.03 bits per heavy atom. The van der Waals surface area contributed by atoms with Gasteiger partial charge >= 0.3 is 0 Å². The maximum absolute atomic E-state index is 10.7. The SMILES string of the molecule is [CH]C1(CS[C@H](CCc2ccccc2C(C)(C)O)c2cccc(/C=C/c3ccc4ccc(Cl)cc4n3)c2)CC1. The van der Waals surface area contributed by atoms with Gasteiger partial charge in [0.1, 0.15) is 0 Å². The molecule has 1 N–H and O–H groups in total. The molecule has 1 aromatic heterocycles. The highest BCUT2D eigenvalue weighted by molar-refractivity contribution is 7.99. The molecule has 38 heavy (non-hydrogen) atoms. The lowest BCUT2D eigenvalue weighted by molar-refractivity contribution is 0.0776. The van der Waals surface area contributed by atoms with Gasteiger partial charge in [0.05, 0.1) is 16.8 Å². The Labute approximate surface area is 236 Å². The number of hydrogen-bond acceptors (Lipinski definition) is 3. The van der Waals surface area contributed by atoms with Crippen molar-refractivity contribution in [3.05, 3.63) is 119 Å². The summed E-state index contributed by atoms with van der Waals surface area (Å²) in [5.41, 5.74) is 5.59. The minimum absolute atomic E-state index is 0.00389. The monoisotopic (exact) mass is 539 g/mol. The Morgan fingerprint density at radius 3 is 2.61 bits per heavy atom. The second kappa shape index (κ2) is 11.3. The van der Waals surface area contributed by atoms with Gasteiger partial charge in [0.25, 0.3) is 0 Å². The van der Waals surface area contributed by atoms with Gasteiger partial charge in [0.2, 0.25) is 0 Å². The zero-order valence-corrected chi connectivity index (χ0v) is 23.6. The molecule has 1 saturated carbocycles. The molecule has 1 aliphatic rings. The van der Waals surface area contributed by atoms with Gasteiger partial charge in [-0.2, -0.15) is 11.8 Å². The Kier molecular flexibility index (Phi) is 8.00. The molecule has 1 atom stereocenters. The molecule has 3 aromatic carbocycles. The van der Waals surface area contributed by atoms with Crippen LogP contribution in [0.4, 0.5) is 0 Å². The molecule has 0 amide bonds. The third-order valence-corrected chi connectivity index (χ3v) is 9.11. The van der Waals surface area contributed by atoms with E-state index in [0.717, 1.165) is 59.2 Å². The van der Waals surface area contributed by atoms with Crippen molar-refractivity contribution in [3.8, 4) is 0 Å². The summed E-state index contributed by atoms with van der Waals surface area (Å²) < 4.78 is 0. The van der Waals surface area contributed by atoms with Gasteiger partial charge in [0, 0.05) is 15.7 Å². The van der Waals surface area contributed by atoms with E-state index in [0.29, 0.717) is 10.3 Å². The summed E-state index contributed by atoms with van der Waals surface area (Å²) in [5.74, 6) is 0.967. The van der Waals surface area contributed by atoms with Crippen LogP contribution in [-0.4, -0.2) is 15.8 Å². The molecule has 0 aliphatic heterocycles. The average Bonchev–Trinajstić information content (AvgIpc) is 3.64. The lowest BCUT2D eigenvalue weighted by Crippen LogP contribution is -2.18. The van der Waals surface area contributed by atoms with Crippen molar-refractivity contribution in [2.75, 3.05) is 5.75 Å². The number of hydrogen-bond donors (Lipinski definition) is 1. The van der Waals surface area contributed by atoms with Crippen LogP contribution in [0.3, 0.4) is 0 Å². The molecule has 0 unspecified atom stereocenters. The van der Waals surface area contributed by atoms with Crippen molar-refractivity contribution in [3.63, 3.8) is 0 Å². The molecule has 2 nitrogen and oxygen atoms in total. The minimum atomic E-state index is -0.860. The van der Waals surface area contributed by atoms with Crippen molar-refractivity contribution in [1.29, 1.82) is 0 Å². The molecule has 4 aromatic rings. The van der Waals surface area contributed by atoms with Gasteiger partial charge in [-0.05, 0) is 104 Å². The summed E-state index contributed by atoms with van der Waals surface area (Å²) in [6.07, 6.45) is 8.29. The van der Waals surface area contributed by atoms with Crippen molar-refractivity contribution in [1.82, 2.24) is 4.98 Å². The normalized spacial score (nSPS) is 15.7. The molecule has 2 radical (unpaired) electrons. The maximum Gasteiger partial charge on any atom is 0.0843 e. The number of aliphatic hydroxyl groups is 1. The Bertz CT molecular complexity index is 1450. The maximum atomic E-state index is 10.7. The number of halogens is 1. The Morgan fingerprint density at radius 2 is 1.82 bits per heavy atom. The average molecular weight is 540 g/mol. The van der Waals surface area contributed by atoms with E-state index in [-0.39, 0.29) is 5.41 Å². The summed E-state index contributed by atoms with van der Waals surface area (Å²) in [6.45, 7) is 10.2. The number of nitrogens with zero attached hydrogens (tertiary/aromatic N) is 1. The molecule has 0 spiro atoms. The summed E-state index contributed by atoms with van der Waals surface area (Å²) in [5, 5.41) is 12.8. The van der Waals surface area contributed by atoms with Gasteiger partial charge in [-0.25, -0.2) is 4.98 Å². The number of fused-ring (bicyclic) bond motifs is 1. The first kappa shape index (κ1) is 27.0. The van der Waals surface area contributed by atoms with Crippen molar-refractivity contribution in [2.45, 2.75) is 50.4 Å². The first-order valence-electron chi connectivity index (χ1n) is 13.2. The van der Waals surface area contributed by atoms with Gasteiger partial charge in [-0.1, -0.05) is 78.3 Å². The van der Waals surface area contributed by atoms with Crippen molar-refractivity contribution < 1.29 is 5.11 Å². The van der Waals surface area contributed by atoms with E-state index in [2.05, 4.69) is 54.6 Å². The van der Waals surface area contributed by atoms with Crippen LogP contribution in [0.1, 0.15) is 66.3 Å². The largest absolute Gasteiger partial charge is 0.386 e. The van der Waals surface area contributed by atoms with Gasteiger partial charge in [0.15, 0.2) is 0 Å². The zero-order valence-electron chi connectivity index (χ0n) is 22.0. The lowest BCUT2D eigenvalue weighted by atomic mass is 9.90. The van der Waals surface area contributed by atoms with E-state index < -0.39 is 5.60 Å². The molecule has 194 valence electrons. The van der Waals surface area contributed by atoms with Crippen LogP contribution in [0.5, 0.6) is 0 Å². The quantitative estimate of drug-likeness (QED) is 0.218. The summed E-state index contributed by atoms with van der Waals surface area (Å²) in [7, 11) is 0. The van der Waals surface area contributed by atoms with Gasteiger partial charge in [-0.15, -0.1) is 0 Å². The lowest BCUT2D eigenvalue weighted by Gasteiger charge is -2.24. The molecule has 1 fully saturated rings. The number of rotatable bonds is 10. The van der Waals surface area contributed by atoms with E-state index in [1.165, 1.54) is 11.1 Å². The predicted octanol–water partition coefficient (Wildman–Crippen LogP) is 9.18. The Hall–Kier alpha value is -2.59. The highest BCUT2D eigenvalue weighted by atomic mass is 35.5. The highest BCUT2D eigenvalue weighted by Gasteiger charge is 2.38. The topological polar surface area (TPSA) is 33.1 Å². The first-order valence-corrected chi connectivity index (χ1v) is 14.7. The standard InChI is InChI=1S/C34H34ClNOS/c1-33(2,37)30-10-5-4-8-25(30)14-18-32(38-23-34(3)19-20-34)27-9-6-7-24(21-27)11-16-29-17-13-26-12-15-28(35)22-31(26)36-29/h3-13,15-17,21-22,32,37H,14,18-20,23H2,1-2H3/b16-11+/t32-/m1/s1. The van der Waals surface area contributed by atoms with E-state index in [9.17, 15) is 5.11 Å². The smallest absolute Gasteiger partial charge is 0.0843 e. The van der Waals surface area contributed by atoms with Crippen molar-refractivity contribution in [2.24, 2.45) is 5.41 Å². The number of pyridine rings is 1. The first-order chi connectivity index (χ1) is 18.2. The summed E-state index contributed by atoms with van der Waals surface area (Å²) in [6, 6.07) is 26.9. The van der Waals surface area contributed by atoms with E-state index in [1.807, 2.05) is 62.0 Å². The molecule has 0 saturated heterocycles. The summed E-state index contributed by atoms with van der Waals surface area (Å²) >= 11 is 8.13. The van der Waals surface area contributed by atoms with Gasteiger partial charge in [-0.3, -0.25) is 0 Å². The highest BCUT2D eigenvalue weighted by Crippen LogP contribution is 2.50.